The third-order valence-corrected chi connectivity index (χ3v) is 3.38. The van der Waals surface area contributed by atoms with E-state index in [0.29, 0.717) is 11.3 Å². The second-order valence-corrected chi connectivity index (χ2v) is 4.63. The maximum atomic E-state index is 5.38. The number of hydrogen-bond donors (Lipinski definition) is 1. The smallest absolute Gasteiger partial charge is 0.179 e. The number of nitrogens with zero attached hydrogens (tertiary/aromatic N) is 3. The lowest BCUT2D eigenvalue weighted by atomic mass is 10.3. The van der Waals surface area contributed by atoms with Crippen LogP contribution in [0.2, 0.25) is 0 Å². The monoisotopic (exact) mass is 262 g/mol. The van der Waals surface area contributed by atoms with Gasteiger partial charge in [-0.15, -0.1) is 0 Å². The van der Waals surface area contributed by atoms with Crippen molar-refractivity contribution in [2.24, 2.45) is 0 Å². The molecule has 18 heavy (non-hydrogen) atoms. The predicted molar refractivity (Wildman–Crippen MR) is 71.1 cm³/mol. The van der Waals surface area contributed by atoms with E-state index in [9.17, 15) is 0 Å². The van der Waals surface area contributed by atoms with E-state index in [0.717, 1.165) is 29.0 Å². The van der Waals surface area contributed by atoms with Gasteiger partial charge in [0.2, 0.25) is 0 Å². The largest absolute Gasteiger partial charge is 0.472 e. The molecule has 0 bridgehead atoms. The highest BCUT2D eigenvalue weighted by Crippen LogP contribution is 2.19. The van der Waals surface area contributed by atoms with Gasteiger partial charge in [-0.3, -0.25) is 4.57 Å². The number of aryl methyl sites for hydroxylation is 2. The SMILES string of the molecule is CCn1nc(C)c2[nH]c(=S)n(Cc3ccoc3)c21. The van der Waals surface area contributed by atoms with Crippen LogP contribution in [-0.4, -0.2) is 19.3 Å². The fourth-order valence-electron chi connectivity index (χ4n) is 2.19. The summed E-state index contributed by atoms with van der Waals surface area (Å²) in [7, 11) is 0. The Labute approximate surface area is 109 Å². The summed E-state index contributed by atoms with van der Waals surface area (Å²) in [5.41, 5.74) is 4.13. The van der Waals surface area contributed by atoms with Gasteiger partial charge in [0.1, 0.15) is 5.52 Å². The summed E-state index contributed by atoms with van der Waals surface area (Å²) in [6, 6.07) is 1.94. The molecule has 0 aliphatic rings. The molecule has 0 fully saturated rings. The summed E-state index contributed by atoms with van der Waals surface area (Å²) in [5, 5.41) is 4.49. The van der Waals surface area contributed by atoms with Gasteiger partial charge in [0.25, 0.3) is 0 Å². The molecule has 0 saturated heterocycles. The lowest BCUT2D eigenvalue weighted by molar-refractivity contribution is 0.561. The van der Waals surface area contributed by atoms with E-state index >= 15 is 0 Å². The van der Waals surface area contributed by atoms with Crippen LogP contribution in [0.4, 0.5) is 0 Å². The Bertz CT molecular complexity index is 732. The van der Waals surface area contributed by atoms with Gasteiger partial charge in [-0.05, 0) is 32.1 Å². The molecule has 94 valence electrons. The first-order chi connectivity index (χ1) is 8.70. The van der Waals surface area contributed by atoms with E-state index in [1.807, 2.05) is 17.7 Å². The molecule has 5 nitrogen and oxygen atoms in total. The fraction of sp³-hybridized carbons (Fsp3) is 0.333. The van der Waals surface area contributed by atoms with E-state index in [4.69, 9.17) is 16.6 Å². The van der Waals surface area contributed by atoms with Crippen LogP contribution < -0.4 is 0 Å². The van der Waals surface area contributed by atoms with Crippen molar-refractivity contribution in [2.45, 2.75) is 26.9 Å². The van der Waals surface area contributed by atoms with Crippen LogP contribution in [0.25, 0.3) is 11.2 Å². The van der Waals surface area contributed by atoms with Gasteiger partial charge in [0.05, 0.1) is 24.8 Å². The molecule has 3 heterocycles. The second-order valence-electron chi connectivity index (χ2n) is 4.25. The molecule has 1 N–H and O–H groups in total. The van der Waals surface area contributed by atoms with Crippen molar-refractivity contribution >= 4 is 23.4 Å². The maximum Gasteiger partial charge on any atom is 0.179 e. The Kier molecular flexibility index (Phi) is 2.59. The molecule has 0 atom stereocenters. The molecular formula is C12H14N4OS. The van der Waals surface area contributed by atoms with Crippen LogP contribution in [0.5, 0.6) is 0 Å². The first-order valence-corrected chi connectivity index (χ1v) is 6.28. The van der Waals surface area contributed by atoms with Crippen molar-refractivity contribution in [3.63, 3.8) is 0 Å². The van der Waals surface area contributed by atoms with E-state index in [2.05, 4.69) is 21.6 Å². The molecule has 0 aliphatic carbocycles. The zero-order valence-corrected chi connectivity index (χ0v) is 11.1. The molecule has 0 amide bonds. The summed E-state index contributed by atoms with van der Waals surface area (Å²) >= 11 is 5.38. The van der Waals surface area contributed by atoms with Crippen molar-refractivity contribution in [1.29, 1.82) is 0 Å². The Hall–Kier alpha value is -1.82. The Balaban J connectivity index is 2.21. The number of furan rings is 1. The summed E-state index contributed by atoms with van der Waals surface area (Å²) in [5.74, 6) is 0. The highest BCUT2D eigenvalue weighted by Gasteiger charge is 2.14. The highest BCUT2D eigenvalue weighted by atomic mass is 32.1. The summed E-state index contributed by atoms with van der Waals surface area (Å²) in [4.78, 5) is 3.23. The number of aromatic amines is 1. The van der Waals surface area contributed by atoms with Crippen LogP contribution in [0.1, 0.15) is 18.2 Å². The predicted octanol–water partition coefficient (Wildman–Crippen LogP) is 2.87. The fourth-order valence-corrected chi connectivity index (χ4v) is 2.45. The van der Waals surface area contributed by atoms with Crippen molar-refractivity contribution in [1.82, 2.24) is 19.3 Å². The number of hydrogen-bond acceptors (Lipinski definition) is 3. The van der Waals surface area contributed by atoms with Crippen LogP contribution >= 0.6 is 12.2 Å². The second kappa shape index (κ2) is 4.13. The van der Waals surface area contributed by atoms with Gasteiger partial charge in [0, 0.05) is 12.1 Å². The summed E-state index contributed by atoms with van der Waals surface area (Å²) < 4.78 is 9.84. The molecule has 0 aromatic carbocycles. The van der Waals surface area contributed by atoms with Crippen molar-refractivity contribution in [3.8, 4) is 0 Å². The maximum absolute atomic E-state index is 5.38. The van der Waals surface area contributed by atoms with E-state index in [-0.39, 0.29) is 0 Å². The van der Waals surface area contributed by atoms with Crippen LogP contribution in [0, 0.1) is 11.7 Å². The quantitative estimate of drug-likeness (QED) is 0.738. The highest BCUT2D eigenvalue weighted by molar-refractivity contribution is 7.71. The molecule has 3 aromatic rings. The van der Waals surface area contributed by atoms with Gasteiger partial charge in [-0.2, -0.15) is 5.10 Å². The number of rotatable bonds is 3. The molecule has 0 radical (unpaired) electrons. The van der Waals surface area contributed by atoms with Gasteiger partial charge >= 0.3 is 0 Å². The molecular weight excluding hydrogens is 248 g/mol. The minimum atomic E-state index is 0.695. The van der Waals surface area contributed by atoms with Gasteiger partial charge in [-0.1, -0.05) is 0 Å². The average molecular weight is 262 g/mol. The summed E-state index contributed by atoms with van der Waals surface area (Å²) in [6.07, 6.45) is 3.41. The topological polar surface area (TPSA) is 51.7 Å². The Morgan fingerprint density at radius 1 is 1.50 bits per heavy atom. The first-order valence-electron chi connectivity index (χ1n) is 5.87. The zero-order chi connectivity index (χ0) is 12.7. The average Bonchev–Trinajstić information content (AvgIpc) is 3.02. The standard InChI is InChI=1S/C12H14N4OS/c1-3-16-11-10(8(2)14-16)13-12(18)15(11)6-9-4-5-17-7-9/h4-5,7H,3,6H2,1-2H3,(H,13,18). The van der Waals surface area contributed by atoms with Gasteiger partial charge < -0.3 is 9.40 Å². The number of nitrogens with one attached hydrogen (secondary N) is 1. The van der Waals surface area contributed by atoms with Gasteiger partial charge in [-0.25, -0.2) is 4.68 Å². The molecule has 0 unspecified atom stereocenters. The number of imidazole rings is 1. The van der Waals surface area contributed by atoms with Crippen molar-refractivity contribution in [2.75, 3.05) is 0 Å². The third kappa shape index (κ3) is 1.60. The van der Waals surface area contributed by atoms with E-state index in [1.165, 1.54) is 0 Å². The molecule has 3 rings (SSSR count). The lowest BCUT2D eigenvalue weighted by Gasteiger charge is -2.04. The van der Waals surface area contributed by atoms with Crippen LogP contribution in [0.15, 0.2) is 23.0 Å². The molecule has 0 spiro atoms. The minimum Gasteiger partial charge on any atom is -0.472 e. The number of H-pyrrole nitrogens is 1. The molecule has 6 heteroatoms. The minimum absolute atomic E-state index is 0.695. The first kappa shape index (κ1) is 11.3. The molecule has 0 saturated carbocycles. The Morgan fingerprint density at radius 3 is 3.00 bits per heavy atom. The zero-order valence-electron chi connectivity index (χ0n) is 10.3. The van der Waals surface area contributed by atoms with E-state index in [1.54, 1.807) is 12.5 Å². The molecule has 0 aliphatic heterocycles. The molecule has 3 aromatic heterocycles. The van der Waals surface area contributed by atoms with Crippen molar-refractivity contribution < 1.29 is 4.42 Å². The van der Waals surface area contributed by atoms with E-state index < -0.39 is 0 Å². The van der Waals surface area contributed by atoms with Crippen LogP contribution in [0.3, 0.4) is 0 Å². The van der Waals surface area contributed by atoms with Gasteiger partial charge in [0.15, 0.2) is 10.4 Å². The third-order valence-electron chi connectivity index (χ3n) is 3.05. The Morgan fingerprint density at radius 2 is 2.33 bits per heavy atom. The summed E-state index contributed by atoms with van der Waals surface area (Å²) in [6.45, 7) is 5.58. The number of fused-ring (bicyclic) bond motifs is 1. The van der Waals surface area contributed by atoms with Crippen LogP contribution in [-0.2, 0) is 13.1 Å². The lowest BCUT2D eigenvalue weighted by Crippen LogP contribution is -2.05. The number of aromatic nitrogens is 4. The van der Waals surface area contributed by atoms with Crippen molar-refractivity contribution in [3.05, 3.63) is 34.6 Å². The normalized spacial score (nSPS) is 11.4.